The van der Waals surface area contributed by atoms with E-state index in [9.17, 15) is 13.2 Å². The van der Waals surface area contributed by atoms with Crippen LogP contribution in [0.25, 0.3) is 0 Å². The SMILES string of the molecule is CCC1CN(S(=O)(=O)c2ccc(C)c(C(=O)O)c2)CCS1. The zero-order chi connectivity index (χ0) is 15.6. The van der Waals surface area contributed by atoms with Crippen molar-refractivity contribution in [3.63, 3.8) is 0 Å². The number of thioether (sulfide) groups is 1. The van der Waals surface area contributed by atoms with Crippen LogP contribution in [0.3, 0.4) is 0 Å². The Morgan fingerprint density at radius 1 is 1.48 bits per heavy atom. The van der Waals surface area contributed by atoms with Gasteiger partial charge in [-0.3, -0.25) is 0 Å². The van der Waals surface area contributed by atoms with Crippen molar-refractivity contribution in [2.24, 2.45) is 0 Å². The number of hydrogen-bond donors (Lipinski definition) is 1. The fourth-order valence-electron chi connectivity index (χ4n) is 2.30. The summed E-state index contributed by atoms with van der Waals surface area (Å²) in [6, 6.07) is 4.29. The molecule has 2 rings (SSSR count). The second-order valence-electron chi connectivity index (χ2n) is 5.05. The van der Waals surface area contributed by atoms with Crippen LogP contribution in [0.2, 0.25) is 0 Å². The smallest absolute Gasteiger partial charge is 0.335 e. The van der Waals surface area contributed by atoms with Crippen molar-refractivity contribution < 1.29 is 18.3 Å². The second-order valence-corrected chi connectivity index (χ2v) is 8.39. The lowest BCUT2D eigenvalue weighted by Gasteiger charge is -2.31. The standard InChI is InChI=1S/C14H19NO4S2/c1-3-11-9-15(6-7-20-11)21(18,19)12-5-4-10(2)13(8-12)14(16)17/h4-5,8,11H,3,6-7,9H2,1-2H3,(H,16,17). The van der Waals surface area contributed by atoms with Crippen LogP contribution in [0.15, 0.2) is 23.1 Å². The van der Waals surface area contributed by atoms with Gasteiger partial charge in [0.25, 0.3) is 0 Å². The molecule has 1 atom stereocenters. The van der Waals surface area contributed by atoms with E-state index in [-0.39, 0.29) is 10.5 Å². The summed E-state index contributed by atoms with van der Waals surface area (Å²) in [5.74, 6) is -0.333. The highest BCUT2D eigenvalue weighted by atomic mass is 32.2. The number of carbonyl (C=O) groups is 1. The molecule has 0 bridgehead atoms. The molecule has 0 saturated carbocycles. The van der Waals surface area contributed by atoms with Crippen LogP contribution in [0, 0.1) is 6.92 Å². The molecular formula is C14H19NO4S2. The summed E-state index contributed by atoms with van der Waals surface area (Å²) in [4.78, 5) is 11.2. The Morgan fingerprint density at radius 2 is 2.19 bits per heavy atom. The number of rotatable bonds is 4. The molecule has 1 N–H and O–H groups in total. The van der Waals surface area contributed by atoms with Gasteiger partial charge in [-0.15, -0.1) is 0 Å². The van der Waals surface area contributed by atoms with Gasteiger partial charge in [0.05, 0.1) is 10.5 Å². The third kappa shape index (κ3) is 3.41. The van der Waals surface area contributed by atoms with Crippen LogP contribution in [0.4, 0.5) is 0 Å². The van der Waals surface area contributed by atoms with Crippen molar-refractivity contribution in [3.05, 3.63) is 29.3 Å². The molecule has 5 nitrogen and oxygen atoms in total. The number of nitrogens with zero attached hydrogens (tertiary/aromatic N) is 1. The highest BCUT2D eigenvalue weighted by molar-refractivity contribution is 8.00. The van der Waals surface area contributed by atoms with Crippen molar-refractivity contribution in [1.29, 1.82) is 0 Å². The molecule has 7 heteroatoms. The van der Waals surface area contributed by atoms with E-state index in [1.165, 1.54) is 16.4 Å². The first-order chi connectivity index (χ1) is 9.86. The summed E-state index contributed by atoms with van der Waals surface area (Å²) in [5, 5.41) is 9.44. The first-order valence-electron chi connectivity index (χ1n) is 6.82. The fourth-order valence-corrected chi connectivity index (χ4v) is 5.20. The van der Waals surface area contributed by atoms with Gasteiger partial charge in [-0.05, 0) is 31.0 Å². The average molecular weight is 329 g/mol. The minimum absolute atomic E-state index is 0.0366. The molecule has 0 spiro atoms. The summed E-state index contributed by atoms with van der Waals surface area (Å²) in [5.41, 5.74) is 0.594. The maximum Gasteiger partial charge on any atom is 0.335 e. The number of aromatic carboxylic acids is 1. The first kappa shape index (κ1) is 16.3. The van der Waals surface area contributed by atoms with E-state index in [2.05, 4.69) is 0 Å². The topological polar surface area (TPSA) is 74.7 Å². The van der Waals surface area contributed by atoms with E-state index >= 15 is 0 Å². The summed E-state index contributed by atoms with van der Waals surface area (Å²) in [7, 11) is -3.62. The maximum absolute atomic E-state index is 12.7. The molecule has 1 fully saturated rings. The predicted octanol–water partition coefficient (Wildman–Crippen LogP) is 2.21. The van der Waals surface area contributed by atoms with Gasteiger partial charge in [-0.2, -0.15) is 16.1 Å². The van der Waals surface area contributed by atoms with Crippen LogP contribution < -0.4 is 0 Å². The Hall–Kier alpha value is -1.05. The maximum atomic E-state index is 12.7. The summed E-state index contributed by atoms with van der Waals surface area (Å²) < 4.78 is 26.8. The number of carboxylic acids is 1. The Morgan fingerprint density at radius 3 is 2.81 bits per heavy atom. The minimum atomic E-state index is -3.62. The van der Waals surface area contributed by atoms with Crippen LogP contribution >= 0.6 is 11.8 Å². The quantitative estimate of drug-likeness (QED) is 0.916. The summed E-state index contributed by atoms with van der Waals surface area (Å²) in [6.45, 7) is 4.66. The monoisotopic (exact) mass is 329 g/mol. The van der Waals surface area contributed by atoms with Crippen molar-refractivity contribution in [2.45, 2.75) is 30.4 Å². The molecule has 1 aliphatic rings. The van der Waals surface area contributed by atoms with Gasteiger partial charge in [0.15, 0.2) is 0 Å². The third-order valence-corrected chi connectivity index (χ3v) is 6.87. The van der Waals surface area contributed by atoms with Crippen molar-refractivity contribution in [1.82, 2.24) is 4.31 Å². The molecule has 0 radical (unpaired) electrons. The number of aryl methyl sites for hydroxylation is 1. The van der Waals surface area contributed by atoms with E-state index in [0.717, 1.165) is 12.2 Å². The molecule has 21 heavy (non-hydrogen) atoms. The number of hydrogen-bond acceptors (Lipinski definition) is 4. The number of benzene rings is 1. The van der Waals surface area contributed by atoms with Gasteiger partial charge in [-0.1, -0.05) is 13.0 Å². The fraction of sp³-hybridized carbons (Fsp3) is 0.500. The van der Waals surface area contributed by atoms with Crippen LogP contribution in [-0.4, -0.2) is 47.9 Å². The molecule has 1 aliphatic heterocycles. The van der Waals surface area contributed by atoms with E-state index < -0.39 is 16.0 Å². The van der Waals surface area contributed by atoms with Gasteiger partial charge in [0.2, 0.25) is 10.0 Å². The van der Waals surface area contributed by atoms with E-state index in [0.29, 0.717) is 23.9 Å². The van der Waals surface area contributed by atoms with Gasteiger partial charge in [-0.25, -0.2) is 13.2 Å². The number of carboxylic acid groups (broad SMARTS) is 1. The summed E-state index contributed by atoms with van der Waals surface area (Å²) >= 11 is 1.79. The normalized spacial score (nSPS) is 20.4. The highest BCUT2D eigenvalue weighted by Crippen LogP contribution is 2.27. The lowest BCUT2D eigenvalue weighted by atomic mass is 10.1. The average Bonchev–Trinajstić information content (AvgIpc) is 2.47. The van der Waals surface area contributed by atoms with Gasteiger partial charge in [0.1, 0.15) is 0 Å². The van der Waals surface area contributed by atoms with Crippen LogP contribution in [0.5, 0.6) is 0 Å². The molecule has 1 heterocycles. The molecule has 1 aromatic rings. The zero-order valence-electron chi connectivity index (χ0n) is 12.1. The number of sulfonamides is 1. The van der Waals surface area contributed by atoms with Gasteiger partial charge < -0.3 is 5.11 Å². The van der Waals surface area contributed by atoms with E-state index in [4.69, 9.17) is 5.11 Å². The molecule has 116 valence electrons. The lowest BCUT2D eigenvalue weighted by Crippen LogP contribution is -2.41. The van der Waals surface area contributed by atoms with E-state index in [1.54, 1.807) is 24.8 Å². The van der Waals surface area contributed by atoms with Crippen molar-refractivity contribution in [3.8, 4) is 0 Å². The van der Waals surface area contributed by atoms with Gasteiger partial charge in [0, 0.05) is 24.1 Å². The minimum Gasteiger partial charge on any atom is -0.478 e. The Labute approximate surface area is 129 Å². The molecular weight excluding hydrogens is 310 g/mol. The lowest BCUT2D eigenvalue weighted by molar-refractivity contribution is 0.0696. The van der Waals surface area contributed by atoms with Gasteiger partial charge >= 0.3 is 5.97 Å². The molecule has 1 aromatic carbocycles. The molecule has 1 saturated heterocycles. The third-order valence-electron chi connectivity index (χ3n) is 3.63. The van der Waals surface area contributed by atoms with Crippen LogP contribution in [-0.2, 0) is 10.0 Å². The molecule has 1 unspecified atom stereocenters. The zero-order valence-corrected chi connectivity index (χ0v) is 13.7. The molecule has 0 amide bonds. The Kier molecular flexibility index (Phi) is 4.95. The van der Waals surface area contributed by atoms with Crippen LogP contribution in [0.1, 0.15) is 29.3 Å². The van der Waals surface area contributed by atoms with E-state index in [1.807, 2.05) is 6.92 Å². The molecule has 0 aliphatic carbocycles. The van der Waals surface area contributed by atoms with Crippen molar-refractivity contribution >= 4 is 27.8 Å². The largest absolute Gasteiger partial charge is 0.478 e. The van der Waals surface area contributed by atoms with Crippen molar-refractivity contribution in [2.75, 3.05) is 18.8 Å². The second kappa shape index (κ2) is 6.37. The Bertz CT molecular complexity index is 642. The summed E-state index contributed by atoms with van der Waals surface area (Å²) in [6.07, 6.45) is 0.922. The Balaban J connectivity index is 2.35. The predicted molar refractivity (Wildman–Crippen MR) is 83.4 cm³/mol. The first-order valence-corrected chi connectivity index (χ1v) is 9.31. The highest BCUT2D eigenvalue weighted by Gasteiger charge is 2.30. The molecule has 0 aromatic heterocycles.